The van der Waals surface area contributed by atoms with Crippen molar-refractivity contribution in [1.82, 2.24) is 10.6 Å². The fraction of sp³-hybridized carbons (Fsp3) is 0.393. The molecule has 0 radical (unpaired) electrons. The fourth-order valence-corrected chi connectivity index (χ4v) is 5.14. The number of hydrogen-bond acceptors (Lipinski definition) is 4. The third kappa shape index (κ3) is 5.73. The van der Waals surface area contributed by atoms with E-state index in [0.29, 0.717) is 12.8 Å². The van der Waals surface area contributed by atoms with Gasteiger partial charge in [0, 0.05) is 25.1 Å². The van der Waals surface area contributed by atoms with Gasteiger partial charge >= 0.3 is 12.1 Å². The highest BCUT2D eigenvalue weighted by atomic mass is 16.5. The summed E-state index contributed by atoms with van der Waals surface area (Å²) in [6, 6.07) is 16.3. The monoisotopic (exact) mass is 476 g/mol. The van der Waals surface area contributed by atoms with Crippen molar-refractivity contribution in [1.29, 1.82) is 0 Å². The molecule has 7 heteroatoms. The van der Waals surface area contributed by atoms with Gasteiger partial charge in [-0.2, -0.15) is 0 Å². The maximum Gasteiger partial charge on any atom is 0.407 e. The average molecular weight is 477 g/mol. The molecule has 2 aromatic rings. The Bertz CT molecular complexity index is 1060. The van der Waals surface area contributed by atoms with E-state index in [2.05, 4.69) is 34.9 Å². The van der Waals surface area contributed by atoms with Crippen LogP contribution in [0.4, 0.5) is 4.79 Å². The first-order chi connectivity index (χ1) is 17.0. The molecule has 0 spiro atoms. The summed E-state index contributed by atoms with van der Waals surface area (Å²) in [4.78, 5) is 36.2. The summed E-state index contributed by atoms with van der Waals surface area (Å²) in [6.07, 6.45) is 7.23. The average Bonchev–Trinajstić information content (AvgIpc) is 3.00. The molecular weight excluding hydrogens is 444 g/mol. The number of carboxylic acid groups (broad SMARTS) is 1. The summed E-state index contributed by atoms with van der Waals surface area (Å²) < 4.78 is 5.48. The minimum absolute atomic E-state index is 0.0139. The number of carboxylic acids is 1. The molecule has 3 N–H and O–H groups in total. The van der Waals surface area contributed by atoms with Gasteiger partial charge in [-0.25, -0.2) is 4.79 Å². The second kappa shape index (κ2) is 11.2. The molecule has 0 unspecified atom stereocenters. The number of amides is 2. The first-order valence-corrected chi connectivity index (χ1v) is 12.3. The molecule has 2 aliphatic carbocycles. The maximum atomic E-state index is 12.2. The molecule has 2 aliphatic rings. The van der Waals surface area contributed by atoms with Gasteiger partial charge in [0.2, 0.25) is 5.91 Å². The summed E-state index contributed by atoms with van der Waals surface area (Å²) >= 11 is 0. The lowest BCUT2D eigenvalue weighted by molar-refractivity contribution is -0.149. The van der Waals surface area contributed by atoms with E-state index < -0.39 is 17.5 Å². The molecule has 1 saturated carbocycles. The van der Waals surface area contributed by atoms with Crippen LogP contribution in [-0.4, -0.2) is 42.8 Å². The van der Waals surface area contributed by atoms with Gasteiger partial charge in [-0.05, 0) is 35.1 Å². The number of hydrogen-bond donors (Lipinski definition) is 3. The van der Waals surface area contributed by atoms with Crippen molar-refractivity contribution in [3.05, 3.63) is 71.8 Å². The number of alkyl carbamates (subject to hydrolysis) is 1. The lowest BCUT2D eigenvalue weighted by Crippen LogP contribution is -2.42. The number of rotatable bonds is 8. The van der Waals surface area contributed by atoms with Gasteiger partial charge in [-0.3, -0.25) is 9.59 Å². The van der Waals surface area contributed by atoms with Crippen LogP contribution in [0.25, 0.3) is 11.1 Å². The van der Waals surface area contributed by atoms with Crippen LogP contribution in [-0.2, 0) is 14.3 Å². The SMILES string of the molecule is O=C(/C=C/CNC(=O)OCC1c2ccccc2-c2ccccc21)NCC1(C(=O)O)CCCCCC1. The standard InChI is InChI=1S/C28H32N2O5/c31-25(30-19-28(26(32)33)15-7-1-2-8-16-28)14-9-17-29-27(34)35-18-24-22-12-5-3-10-20(22)21-11-4-6-13-23(21)24/h3-6,9-14,24H,1-2,7-8,15-19H2,(H,29,34)(H,30,31)(H,32,33)/b14-9+. The van der Waals surface area contributed by atoms with Crippen molar-refractivity contribution in [2.24, 2.45) is 5.41 Å². The number of ether oxygens (including phenoxy) is 1. The molecule has 0 aromatic heterocycles. The van der Waals surface area contributed by atoms with Gasteiger partial charge in [0.1, 0.15) is 6.61 Å². The Balaban J connectivity index is 1.22. The summed E-state index contributed by atoms with van der Waals surface area (Å²) in [7, 11) is 0. The van der Waals surface area contributed by atoms with Crippen LogP contribution < -0.4 is 10.6 Å². The Hall–Kier alpha value is -3.61. The molecule has 0 atom stereocenters. The predicted molar refractivity (Wildman–Crippen MR) is 133 cm³/mol. The number of aliphatic carboxylic acids is 1. The molecule has 2 amide bonds. The van der Waals surface area contributed by atoms with E-state index in [1.54, 1.807) is 0 Å². The van der Waals surface area contributed by atoms with Gasteiger partial charge in [0.15, 0.2) is 0 Å². The zero-order valence-corrected chi connectivity index (χ0v) is 19.8. The molecule has 1 fully saturated rings. The van der Waals surface area contributed by atoms with E-state index in [0.717, 1.165) is 36.8 Å². The normalized spacial score (nSPS) is 16.7. The molecule has 7 nitrogen and oxygen atoms in total. The van der Waals surface area contributed by atoms with Gasteiger partial charge in [0.05, 0.1) is 5.41 Å². The first-order valence-electron chi connectivity index (χ1n) is 12.3. The molecular formula is C28H32N2O5. The predicted octanol–water partition coefficient (Wildman–Crippen LogP) is 4.62. The highest BCUT2D eigenvalue weighted by Crippen LogP contribution is 2.44. The van der Waals surface area contributed by atoms with Crippen LogP contribution >= 0.6 is 0 Å². The highest BCUT2D eigenvalue weighted by molar-refractivity contribution is 5.88. The van der Waals surface area contributed by atoms with Crippen molar-refractivity contribution in [2.45, 2.75) is 44.4 Å². The first kappa shape index (κ1) is 24.5. The van der Waals surface area contributed by atoms with Gasteiger partial charge in [0.25, 0.3) is 0 Å². The Labute approximate surface area is 205 Å². The summed E-state index contributed by atoms with van der Waals surface area (Å²) in [6.45, 7) is 0.473. The van der Waals surface area contributed by atoms with E-state index in [1.807, 2.05) is 24.3 Å². The van der Waals surface area contributed by atoms with Crippen molar-refractivity contribution in [3.63, 3.8) is 0 Å². The highest BCUT2D eigenvalue weighted by Gasteiger charge is 2.38. The fourth-order valence-electron chi connectivity index (χ4n) is 5.14. The third-order valence-corrected chi connectivity index (χ3v) is 7.09. The molecule has 2 aromatic carbocycles. The molecule has 4 rings (SSSR count). The molecule has 35 heavy (non-hydrogen) atoms. The van der Waals surface area contributed by atoms with E-state index in [1.165, 1.54) is 23.3 Å². The summed E-state index contributed by atoms with van der Waals surface area (Å²) in [5.41, 5.74) is 3.73. The van der Waals surface area contributed by atoms with E-state index in [4.69, 9.17) is 4.74 Å². The molecule has 0 aliphatic heterocycles. The third-order valence-electron chi connectivity index (χ3n) is 7.09. The quantitative estimate of drug-likeness (QED) is 0.381. The number of carbonyl (C=O) groups excluding carboxylic acids is 2. The topological polar surface area (TPSA) is 105 Å². The minimum atomic E-state index is -0.889. The second-order valence-corrected chi connectivity index (χ2v) is 9.33. The van der Waals surface area contributed by atoms with E-state index in [-0.39, 0.29) is 31.5 Å². The summed E-state index contributed by atoms with van der Waals surface area (Å²) in [5.74, 6) is -1.23. The lowest BCUT2D eigenvalue weighted by atomic mass is 9.80. The van der Waals surface area contributed by atoms with Crippen LogP contribution in [0.3, 0.4) is 0 Å². The van der Waals surface area contributed by atoms with Gasteiger partial charge in [-0.15, -0.1) is 0 Å². The maximum absolute atomic E-state index is 12.2. The van der Waals surface area contributed by atoms with Gasteiger partial charge < -0.3 is 20.5 Å². The number of benzene rings is 2. The number of carbonyl (C=O) groups is 3. The summed E-state index contributed by atoms with van der Waals surface area (Å²) in [5, 5.41) is 15.1. The second-order valence-electron chi connectivity index (χ2n) is 9.33. The largest absolute Gasteiger partial charge is 0.481 e. The smallest absolute Gasteiger partial charge is 0.407 e. The van der Waals surface area contributed by atoms with Crippen LogP contribution in [0.15, 0.2) is 60.7 Å². The van der Waals surface area contributed by atoms with Crippen LogP contribution in [0.2, 0.25) is 0 Å². The lowest BCUT2D eigenvalue weighted by Gasteiger charge is -2.27. The van der Waals surface area contributed by atoms with Crippen LogP contribution in [0.1, 0.15) is 55.6 Å². The Kier molecular flexibility index (Phi) is 7.85. The van der Waals surface area contributed by atoms with Crippen molar-refractivity contribution in [2.75, 3.05) is 19.7 Å². The van der Waals surface area contributed by atoms with Crippen molar-refractivity contribution < 1.29 is 24.2 Å². The zero-order valence-electron chi connectivity index (χ0n) is 19.8. The van der Waals surface area contributed by atoms with Crippen molar-refractivity contribution in [3.8, 4) is 11.1 Å². The molecule has 0 bridgehead atoms. The van der Waals surface area contributed by atoms with Crippen LogP contribution in [0.5, 0.6) is 0 Å². The number of fused-ring (bicyclic) bond motifs is 3. The molecule has 0 saturated heterocycles. The van der Waals surface area contributed by atoms with Gasteiger partial charge in [-0.1, -0.05) is 80.3 Å². The Morgan fingerprint density at radius 3 is 2.11 bits per heavy atom. The Morgan fingerprint density at radius 2 is 1.51 bits per heavy atom. The zero-order chi connectivity index (χ0) is 24.7. The number of nitrogens with one attached hydrogen (secondary N) is 2. The van der Waals surface area contributed by atoms with E-state index in [9.17, 15) is 19.5 Å². The Morgan fingerprint density at radius 1 is 0.914 bits per heavy atom. The molecule has 184 valence electrons. The molecule has 0 heterocycles. The van der Waals surface area contributed by atoms with Crippen molar-refractivity contribution >= 4 is 18.0 Å². The van der Waals surface area contributed by atoms with E-state index >= 15 is 0 Å². The minimum Gasteiger partial charge on any atom is -0.481 e. The van der Waals surface area contributed by atoms with Crippen LogP contribution in [0, 0.1) is 5.41 Å².